The molecule has 2 bridgehead atoms. The van der Waals surface area contributed by atoms with Gasteiger partial charge in [0.2, 0.25) is 34.5 Å². The van der Waals surface area contributed by atoms with E-state index < -0.39 is 65.7 Å². The van der Waals surface area contributed by atoms with Crippen LogP contribution < -0.4 is 5.32 Å². The number of unbranched alkanes of at least 4 members (excludes halogenated alkanes) is 13. The lowest BCUT2D eigenvalue weighted by Crippen LogP contribution is -2.84. The fraction of sp³-hybridized carbons (Fsp3) is 0.514. The molecule has 3 saturated heterocycles. The molecule has 7 atom stereocenters. The second-order valence-electron chi connectivity index (χ2n) is 24.9. The van der Waals surface area contributed by atoms with E-state index in [0.717, 1.165) is 129 Å². The number of fused-ring (bicyclic) bond motifs is 2. The van der Waals surface area contributed by atoms with Crippen molar-refractivity contribution in [2.45, 2.75) is 164 Å². The quantitative estimate of drug-likeness (QED) is 0.0136. The van der Waals surface area contributed by atoms with Gasteiger partial charge in [-0.1, -0.05) is 198 Å². The molecule has 0 aliphatic carbocycles. The molecule has 3 aliphatic rings. The zero-order valence-corrected chi connectivity index (χ0v) is 53.6. The summed E-state index contributed by atoms with van der Waals surface area (Å²) in [5.74, 6) is -7.25. The normalized spacial score (nSPS) is 23.0. The van der Waals surface area contributed by atoms with Crippen LogP contribution in [-0.4, -0.2) is 178 Å². The largest absolute Gasteiger partial charge is 0.459 e. The Bertz CT molecular complexity index is 3040. The van der Waals surface area contributed by atoms with E-state index in [1.54, 1.807) is 48.5 Å². The molecule has 0 spiro atoms. The minimum Gasteiger partial charge on any atom is -0.459 e. The topological polar surface area (TPSA) is 225 Å². The summed E-state index contributed by atoms with van der Waals surface area (Å²) < 4.78 is 23.4. The number of nitrogens with zero attached hydrogens (tertiary/aromatic N) is 4. The Hall–Kier alpha value is -7.16. The lowest BCUT2D eigenvalue weighted by Gasteiger charge is -2.57. The van der Waals surface area contributed by atoms with E-state index in [1.807, 2.05) is 30.3 Å². The molecule has 8 rings (SSSR count). The number of hydrogen-bond donors (Lipinski definition) is 4. The van der Waals surface area contributed by atoms with Crippen molar-refractivity contribution in [2.24, 2.45) is 0 Å². The summed E-state index contributed by atoms with van der Waals surface area (Å²) in [7, 11) is 0. The molecule has 3 aliphatic heterocycles. The first kappa shape index (κ1) is 70.7. The van der Waals surface area contributed by atoms with Gasteiger partial charge in [0.1, 0.15) is 19.3 Å². The van der Waals surface area contributed by atoms with Crippen LogP contribution in [0.2, 0.25) is 0 Å². The van der Waals surface area contributed by atoms with Crippen molar-refractivity contribution < 1.29 is 63.0 Å². The maximum absolute atomic E-state index is 15.2. The van der Waals surface area contributed by atoms with Gasteiger partial charge in [0.25, 0.3) is 0 Å². The molecule has 18 heteroatoms. The Kier molecular flexibility index (Phi) is 28.4. The van der Waals surface area contributed by atoms with Gasteiger partial charge < -0.3 is 49.4 Å². The average molecular weight is 1260 g/mol. The first-order valence-electron chi connectivity index (χ1n) is 33.7. The number of esters is 2. The molecule has 5 aromatic carbocycles. The minimum absolute atomic E-state index is 0.000792. The van der Waals surface area contributed by atoms with Gasteiger partial charge in [-0.3, -0.25) is 24.2 Å². The number of rotatable bonds is 32. The maximum atomic E-state index is 15.2. The number of ketones is 2. The van der Waals surface area contributed by atoms with Gasteiger partial charge in [-0.15, -0.1) is 0 Å². The molecule has 3 fully saturated rings. The Balaban J connectivity index is 0.814. The Labute approximate surface area is 543 Å². The fourth-order valence-corrected chi connectivity index (χ4v) is 12.9. The van der Waals surface area contributed by atoms with Gasteiger partial charge in [0.05, 0.1) is 17.8 Å². The molecule has 92 heavy (non-hydrogen) atoms. The van der Waals surface area contributed by atoms with E-state index in [1.165, 1.54) is 111 Å². The summed E-state index contributed by atoms with van der Waals surface area (Å²) in [5, 5.41) is 42.7. The predicted octanol–water partition coefficient (Wildman–Crippen LogP) is 10.8. The highest BCUT2D eigenvalue weighted by Crippen LogP contribution is 2.50. The molecule has 2 amide bonds. The van der Waals surface area contributed by atoms with Crippen LogP contribution in [-0.2, 0) is 30.3 Å². The number of carbonyl (C=O) groups is 6. The van der Waals surface area contributed by atoms with E-state index in [4.69, 9.17) is 18.9 Å². The Morgan fingerprint density at radius 2 is 0.989 bits per heavy atom. The molecule has 0 aromatic heterocycles. The maximum Gasteiger partial charge on any atom is 0.407 e. The third-order valence-corrected chi connectivity index (χ3v) is 18.2. The molecular weight excluding hydrogens is 1170 g/mol. The summed E-state index contributed by atoms with van der Waals surface area (Å²) in [6.07, 6.45) is 12.5. The molecular formula is C74H97N5O13. The molecule has 3 heterocycles. The van der Waals surface area contributed by atoms with E-state index in [0.29, 0.717) is 25.8 Å². The number of Topliss-reactive ketones (excluding diaryl/α,β-unsaturated/α-hetero) is 2. The van der Waals surface area contributed by atoms with Crippen LogP contribution in [0.3, 0.4) is 0 Å². The summed E-state index contributed by atoms with van der Waals surface area (Å²) in [6.45, 7) is 9.77. The minimum atomic E-state index is -3.53. The van der Waals surface area contributed by atoms with Crippen LogP contribution in [0.15, 0.2) is 152 Å². The summed E-state index contributed by atoms with van der Waals surface area (Å²) in [5.41, 5.74) is -6.23. The number of aliphatic hydroxyl groups is 3. The zero-order valence-electron chi connectivity index (χ0n) is 53.6. The summed E-state index contributed by atoms with van der Waals surface area (Å²) >= 11 is 0. The molecule has 496 valence electrons. The van der Waals surface area contributed by atoms with Crippen LogP contribution in [0, 0.1) is 0 Å². The van der Waals surface area contributed by atoms with Crippen molar-refractivity contribution in [3.63, 3.8) is 0 Å². The summed E-state index contributed by atoms with van der Waals surface area (Å²) in [6, 6.07) is 40.2. The Morgan fingerprint density at radius 3 is 1.60 bits per heavy atom. The van der Waals surface area contributed by atoms with Gasteiger partial charge in [-0.2, -0.15) is 0 Å². The average Bonchev–Trinajstić information content (AvgIpc) is 0.694. The van der Waals surface area contributed by atoms with E-state index in [9.17, 15) is 34.5 Å². The number of carbonyl (C=O) groups excluding carboxylic acids is 6. The molecule has 2 unspecified atom stereocenters. The van der Waals surface area contributed by atoms with Crippen LogP contribution in [0.1, 0.15) is 175 Å². The predicted molar refractivity (Wildman–Crippen MR) is 352 cm³/mol. The second kappa shape index (κ2) is 36.9. The van der Waals surface area contributed by atoms with Crippen LogP contribution in [0.25, 0.3) is 0 Å². The molecule has 18 nitrogen and oxygen atoms in total. The van der Waals surface area contributed by atoms with E-state index in [-0.39, 0.29) is 47.3 Å². The number of ether oxygens (including phenoxy) is 4. The van der Waals surface area contributed by atoms with Gasteiger partial charge in [-0.25, -0.2) is 14.4 Å². The van der Waals surface area contributed by atoms with Crippen LogP contribution in [0.4, 0.5) is 4.79 Å². The van der Waals surface area contributed by atoms with E-state index >= 15 is 9.59 Å². The first-order chi connectivity index (χ1) is 44.8. The third-order valence-electron chi connectivity index (χ3n) is 18.2. The highest BCUT2D eigenvalue weighted by molar-refractivity contribution is 6.13. The van der Waals surface area contributed by atoms with Gasteiger partial charge in [-0.05, 0) is 87.9 Å². The highest BCUT2D eigenvalue weighted by atomic mass is 16.7. The molecule has 4 N–H and O–H groups in total. The van der Waals surface area contributed by atoms with Crippen molar-refractivity contribution in [1.82, 2.24) is 24.9 Å². The molecule has 0 radical (unpaired) electrons. The van der Waals surface area contributed by atoms with Gasteiger partial charge in [0.15, 0.2) is 6.10 Å². The monoisotopic (exact) mass is 1260 g/mol. The summed E-state index contributed by atoms with van der Waals surface area (Å²) in [4.78, 5) is 93.7. The lowest BCUT2D eigenvalue weighted by molar-refractivity contribution is -0.387. The van der Waals surface area contributed by atoms with Crippen LogP contribution in [0.5, 0.6) is 0 Å². The van der Waals surface area contributed by atoms with E-state index in [2.05, 4.69) is 24.9 Å². The van der Waals surface area contributed by atoms with Crippen LogP contribution >= 0.6 is 0 Å². The lowest BCUT2D eigenvalue weighted by atomic mass is 9.62. The fourth-order valence-electron chi connectivity index (χ4n) is 12.9. The van der Waals surface area contributed by atoms with Gasteiger partial charge >= 0.3 is 18.0 Å². The number of hydrogen-bond acceptors (Lipinski definition) is 16. The first-order valence-corrected chi connectivity index (χ1v) is 33.7. The number of nitrogens with one attached hydrogen (secondary N) is 1. The SMILES string of the molecule is O=C(NCCCCCCCCCCN1CCCCN(C(=O)CCCCCCCCC[C@]2(O)O[C@H](COC(=O)c3ccccc3)[C@@H](OC(=O)c3ccccc3)[C@@](O)(C(=O)c3ccccc3)[C@]2(O)C(=O)c2ccccc2)CCN2CCCN(CC1)C2)OCc1ccccc1. The highest BCUT2D eigenvalue weighted by Gasteiger charge is 2.78. The second-order valence-corrected chi connectivity index (χ2v) is 24.9. The van der Waals surface area contributed by atoms with Crippen molar-refractivity contribution >= 4 is 35.5 Å². The van der Waals surface area contributed by atoms with Crippen molar-refractivity contribution in [3.05, 3.63) is 179 Å². The Morgan fingerprint density at radius 1 is 0.489 bits per heavy atom. The van der Waals surface area contributed by atoms with Crippen molar-refractivity contribution in [1.29, 1.82) is 0 Å². The number of benzene rings is 5. The molecule has 5 aromatic rings. The standard InChI is InChI=1S/C74H97N5O13/c80-65(79-51-32-31-48-76(52-53-77-49-33-50-78(58-77)54-55-79)47-30-11-7-2-1-6-10-29-46-75-71(85)90-56-59-34-17-12-18-35-59)44-27-8-4-3-5-9-28-45-72(86)74(88,67(82)61-38-21-14-22-39-61)73(87,66(81)60-36-19-13-20-37-60)68(91-70(84)63-42-25-16-26-43-63)64(92-72)57-89-69(83)62-40-23-15-24-41-62/h12-26,34-43,64,68,86-88H,1-11,27-33,44-58H2,(H,75,85)/t64-,68-,72+,73+,74+/m1/s1. The number of amides is 2. The number of alkyl carbamates (subject to hydrolysis) is 1. The van der Waals surface area contributed by atoms with Crippen molar-refractivity contribution in [3.8, 4) is 0 Å². The smallest absolute Gasteiger partial charge is 0.407 e. The zero-order chi connectivity index (χ0) is 64.9. The molecule has 0 saturated carbocycles. The van der Waals surface area contributed by atoms with Crippen molar-refractivity contribution in [2.75, 3.05) is 78.7 Å². The third kappa shape index (κ3) is 20.2. The van der Waals surface area contributed by atoms with Gasteiger partial charge in [0, 0.05) is 76.3 Å².